The Bertz CT molecular complexity index is 1410. The molecule has 3 heterocycles. The number of carbonyl (C=O) groups is 1. The van der Waals surface area contributed by atoms with Crippen molar-refractivity contribution in [2.75, 3.05) is 19.9 Å². The van der Waals surface area contributed by atoms with Crippen LogP contribution in [0.15, 0.2) is 30.3 Å². The van der Waals surface area contributed by atoms with Gasteiger partial charge in [-0.3, -0.25) is 9.48 Å². The summed E-state index contributed by atoms with van der Waals surface area (Å²) >= 11 is 12.7. The molecule has 1 atom stereocenters. The van der Waals surface area contributed by atoms with Gasteiger partial charge in [0.05, 0.1) is 47.1 Å². The van der Waals surface area contributed by atoms with Crippen molar-refractivity contribution in [3.05, 3.63) is 62.9 Å². The third kappa shape index (κ3) is 5.16. The number of hydrogen-bond donors (Lipinski definition) is 1. The summed E-state index contributed by atoms with van der Waals surface area (Å²) in [7, 11) is -0.0471. The molecule has 1 unspecified atom stereocenters. The summed E-state index contributed by atoms with van der Waals surface area (Å²) in [6, 6.07) is 8.23. The zero-order valence-corrected chi connectivity index (χ0v) is 22.0. The second-order valence-corrected chi connectivity index (χ2v) is 11.0. The summed E-state index contributed by atoms with van der Waals surface area (Å²) in [6.07, 6.45) is 1.66. The molecule has 2 aromatic heterocycles. The first-order valence-electron chi connectivity index (χ1n) is 10.8. The fourth-order valence-corrected chi connectivity index (χ4v) is 5.26. The average Bonchev–Trinajstić information content (AvgIpc) is 3.14. The molecule has 0 saturated carbocycles. The van der Waals surface area contributed by atoms with E-state index in [4.69, 9.17) is 33.0 Å². The molecule has 0 radical (unpaired) electrons. The van der Waals surface area contributed by atoms with Crippen LogP contribution in [0.5, 0.6) is 5.75 Å². The van der Waals surface area contributed by atoms with Gasteiger partial charge in [-0.1, -0.05) is 29.3 Å². The first-order valence-corrected chi connectivity index (χ1v) is 13.5. The van der Waals surface area contributed by atoms with Gasteiger partial charge < -0.3 is 9.64 Å². The first-order chi connectivity index (χ1) is 16.5. The predicted molar refractivity (Wildman–Crippen MR) is 134 cm³/mol. The number of methoxy groups -OCH3 is 1. The molecule has 0 spiro atoms. The number of hydrogen-bond acceptors (Lipinski definition) is 6. The molecule has 4 rings (SSSR count). The highest BCUT2D eigenvalue weighted by Crippen LogP contribution is 2.37. The number of aryl methyl sites for hydroxylation is 1. The van der Waals surface area contributed by atoms with Gasteiger partial charge >= 0.3 is 0 Å². The van der Waals surface area contributed by atoms with E-state index >= 15 is 0 Å². The average molecular weight is 538 g/mol. The number of amides is 1. The number of rotatable bonds is 6. The molecule has 0 saturated heterocycles. The van der Waals surface area contributed by atoms with Crippen LogP contribution in [0.1, 0.15) is 40.1 Å². The van der Waals surface area contributed by atoms with Crippen LogP contribution in [0.4, 0.5) is 0 Å². The Kier molecular flexibility index (Phi) is 7.10. The van der Waals surface area contributed by atoms with E-state index in [2.05, 4.69) is 9.71 Å². The van der Waals surface area contributed by atoms with E-state index in [0.29, 0.717) is 35.5 Å². The van der Waals surface area contributed by atoms with Crippen molar-refractivity contribution in [3.63, 3.8) is 0 Å². The molecule has 0 bridgehead atoms. The quantitative estimate of drug-likeness (QED) is 0.481. The summed E-state index contributed by atoms with van der Waals surface area (Å²) in [5.74, 6) is 0.241. The molecule has 35 heavy (non-hydrogen) atoms. The van der Waals surface area contributed by atoms with Gasteiger partial charge in [0, 0.05) is 25.7 Å². The highest BCUT2D eigenvalue weighted by atomic mass is 35.5. The molecular weight excluding hydrogens is 513 g/mol. The molecule has 0 fully saturated rings. The van der Waals surface area contributed by atoms with E-state index in [1.807, 2.05) is 14.0 Å². The van der Waals surface area contributed by atoms with Gasteiger partial charge in [0.1, 0.15) is 10.9 Å². The van der Waals surface area contributed by atoms with Crippen LogP contribution in [0.3, 0.4) is 0 Å². The maximum Gasteiger partial charge on any atom is 0.256 e. The lowest BCUT2D eigenvalue weighted by atomic mass is 9.96. The van der Waals surface area contributed by atoms with Gasteiger partial charge in [0.2, 0.25) is 10.0 Å². The predicted octanol–water partition coefficient (Wildman–Crippen LogP) is 3.61. The Morgan fingerprint density at radius 2 is 2.03 bits per heavy atom. The molecular formula is C23H25Cl2N5O4S. The summed E-state index contributed by atoms with van der Waals surface area (Å²) < 4.78 is 32.5. The smallest absolute Gasteiger partial charge is 0.256 e. The zero-order chi connectivity index (χ0) is 25.5. The van der Waals surface area contributed by atoms with E-state index in [1.54, 1.807) is 39.9 Å². The van der Waals surface area contributed by atoms with Crippen molar-refractivity contribution < 1.29 is 17.9 Å². The number of fused-ring (bicyclic) bond motifs is 1. The third-order valence-electron chi connectivity index (χ3n) is 5.95. The SMILES string of the molecule is COc1cccc(C(=O)N2CCc3c(nn(C)c3-c3cc(CNS(C)(=O)=O)cc(Cl)n3)C2C)c1Cl. The Morgan fingerprint density at radius 3 is 2.71 bits per heavy atom. The molecule has 1 N–H and O–H groups in total. The minimum atomic E-state index is -3.36. The minimum Gasteiger partial charge on any atom is -0.495 e. The van der Waals surface area contributed by atoms with Crippen LogP contribution < -0.4 is 9.46 Å². The molecule has 186 valence electrons. The molecule has 1 aliphatic rings. The summed E-state index contributed by atoms with van der Waals surface area (Å²) in [5, 5.41) is 5.23. The van der Waals surface area contributed by atoms with Crippen LogP contribution in [-0.4, -0.2) is 53.9 Å². The maximum atomic E-state index is 13.4. The van der Waals surface area contributed by atoms with Crippen molar-refractivity contribution >= 4 is 39.1 Å². The Morgan fingerprint density at radius 1 is 1.29 bits per heavy atom. The lowest BCUT2D eigenvalue weighted by Gasteiger charge is -2.33. The van der Waals surface area contributed by atoms with Crippen LogP contribution in [0, 0.1) is 0 Å². The highest BCUT2D eigenvalue weighted by Gasteiger charge is 2.34. The van der Waals surface area contributed by atoms with Gasteiger partial charge in [-0.05, 0) is 43.2 Å². The standard InChI is InChI=1S/C23H25Cl2N5O4S/c1-13-21-16(8-9-30(13)23(31)15-6-5-7-18(34-3)20(15)25)22(29(2)28-21)17-10-14(11-19(24)27-17)12-26-35(4,32)33/h5-7,10-11,13,26H,8-9,12H2,1-4H3. The van der Waals surface area contributed by atoms with Crippen molar-refractivity contribution in [3.8, 4) is 17.1 Å². The normalized spacial score (nSPS) is 15.7. The largest absolute Gasteiger partial charge is 0.495 e. The Hall–Kier alpha value is -2.66. The molecule has 3 aromatic rings. The Balaban J connectivity index is 1.68. The monoisotopic (exact) mass is 537 g/mol. The number of carbonyl (C=O) groups excluding carboxylic acids is 1. The van der Waals surface area contributed by atoms with Crippen molar-refractivity contribution in [1.82, 2.24) is 24.4 Å². The molecule has 1 amide bonds. The van der Waals surface area contributed by atoms with E-state index in [1.165, 1.54) is 7.11 Å². The van der Waals surface area contributed by atoms with Crippen LogP contribution in [0.2, 0.25) is 10.2 Å². The molecule has 1 aromatic carbocycles. The number of halogens is 2. The third-order valence-corrected chi connectivity index (χ3v) is 7.20. The van der Waals surface area contributed by atoms with E-state index < -0.39 is 10.0 Å². The van der Waals surface area contributed by atoms with E-state index in [-0.39, 0.29) is 28.7 Å². The molecule has 0 aliphatic carbocycles. The van der Waals surface area contributed by atoms with Crippen molar-refractivity contribution in [1.29, 1.82) is 0 Å². The van der Waals surface area contributed by atoms with Crippen molar-refractivity contribution in [2.24, 2.45) is 7.05 Å². The van der Waals surface area contributed by atoms with Gasteiger partial charge in [0.15, 0.2) is 0 Å². The molecule has 12 heteroatoms. The second-order valence-electron chi connectivity index (χ2n) is 8.36. The van der Waals surface area contributed by atoms with E-state index in [9.17, 15) is 13.2 Å². The zero-order valence-electron chi connectivity index (χ0n) is 19.7. The van der Waals surface area contributed by atoms with Crippen LogP contribution in [0.25, 0.3) is 11.4 Å². The van der Waals surface area contributed by atoms with Gasteiger partial charge in [-0.2, -0.15) is 5.10 Å². The Labute approximate surface area is 214 Å². The maximum absolute atomic E-state index is 13.4. The fourth-order valence-electron chi connectivity index (χ4n) is 4.32. The fraction of sp³-hybridized carbons (Fsp3) is 0.348. The van der Waals surface area contributed by atoms with Crippen molar-refractivity contribution in [2.45, 2.75) is 25.9 Å². The van der Waals surface area contributed by atoms with E-state index in [0.717, 1.165) is 23.2 Å². The summed E-state index contributed by atoms with van der Waals surface area (Å²) in [5.41, 5.74) is 4.14. The number of nitrogens with one attached hydrogen (secondary N) is 1. The van der Waals surface area contributed by atoms with Crippen LogP contribution >= 0.6 is 23.2 Å². The number of sulfonamides is 1. The minimum absolute atomic E-state index is 0.0914. The number of ether oxygens (including phenoxy) is 1. The number of benzene rings is 1. The van der Waals surface area contributed by atoms with Gasteiger partial charge in [0.25, 0.3) is 5.91 Å². The number of pyridine rings is 1. The second kappa shape index (κ2) is 9.77. The first kappa shape index (κ1) is 25.4. The summed E-state index contributed by atoms with van der Waals surface area (Å²) in [4.78, 5) is 19.6. The molecule has 1 aliphatic heterocycles. The highest BCUT2D eigenvalue weighted by molar-refractivity contribution is 7.88. The van der Waals surface area contributed by atoms with Crippen LogP contribution in [-0.2, 0) is 30.0 Å². The number of aromatic nitrogens is 3. The number of nitrogens with zero attached hydrogens (tertiary/aromatic N) is 4. The van der Waals surface area contributed by atoms with Gasteiger partial charge in [-0.15, -0.1) is 0 Å². The summed E-state index contributed by atoms with van der Waals surface area (Å²) in [6.45, 7) is 2.48. The molecule has 9 nitrogen and oxygen atoms in total. The lowest BCUT2D eigenvalue weighted by Crippen LogP contribution is -2.39. The van der Waals surface area contributed by atoms with Gasteiger partial charge in [-0.25, -0.2) is 18.1 Å². The topological polar surface area (TPSA) is 106 Å². The lowest BCUT2D eigenvalue weighted by molar-refractivity contribution is 0.0673.